The Morgan fingerprint density at radius 3 is 2.25 bits per heavy atom. The van der Waals surface area contributed by atoms with E-state index in [-0.39, 0.29) is 5.41 Å². The second-order valence-electron chi connectivity index (χ2n) is 6.49. The molecule has 1 saturated heterocycles. The normalized spacial score (nSPS) is 16.1. The number of anilines is 3. The zero-order chi connectivity index (χ0) is 14.6. The molecular weight excluding hydrogens is 252 g/mol. The molecule has 112 valence electrons. The zero-order valence-electron chi connectivity index (χ0n) is 13.0. The van der Waals surface area contributed by atoms with E-state index in [1.807, 2.05) is 7.05 Å². The van der Waals surface area contributed by atoms with E-state index in [1.165, 1.54) is 19.3 Å². The summed E-state index contributed by atoms with van der Waals surface area (Å²) in [5, 5.41) is 6.33. The van der Waals surface area contributed by atoms with Crippen molar-refractivity contribution in [3.05, 3.63) is 0 Å². The van der Waals surface area contributed by atoms with Crippen LogP contribution in [0.1, 0.15) is 40.0 Å². The Morgan fingerprint density at radius 2 is 1.65 bits per heavy atom. The lowest BCUT2D eigenvalue weighted by molar-refractivity contribution is 0.441. The predicted octanol–water partition coefficient (Wildman–Crippen LogP) is 2.36. The standard InChI is InChI=1S/C14H26N6/c1-14(2,3)10-16-12-17-11(15-4)18-13(19-12)20-8-6-5-7-9-20/h5-10H2,1-4H3,(H2,15,16,17,18,19). The van der Waals surface area contributed by atoms with E-state index in [0.29, 0.717) is 11.9 Å². The monoisotopic (exact) mass is 278 g/mol. The number of rotatable bonds is 4. The van der Waals surface area contributed by atoms with Crippen LogP contribution in [-0.2, 0) is 0 Å². The van der Waals surface area contributed by atoms with Crippen molar-refractivity contribution >= 4 is 17.8 Å². The van der Waals surface area contributed by atoms with E-state index in [4.69, 9.17) is 0 Å². The summed E-state index contributed by atoms with van der Waals surface area (Å²) in [5.41, 5.74) is 0.192. The predicted molar refractivity (Wildman–Crippen MR) is 83.4 cm³/mol. The smallest absolute Gasteiger partial charge is 0.231 e. The molecule has 20 heavy (non-hydrogen) atoms. The number of hydrogen-bond acceptors (Lipinski definition) is 6. The fourth-order valence-corrected chi connectivity index (χ4v) is 2.14. The molecule has 1 aliphatic rings. The van der Waals surface area contributed by atoms with Gasteiger partial charge in [-0.1, -0.05) is 20.8 Å². The van der Waals surface area contributed by atoms with Crippen LogP contribution in [0.2, 0.25) is 0 Å². The molecule has 2 N–H and O–H groups in total. The van der Waals surface area contributed by atoms with Crippen LogP contribution in [0, 0.1) is 5.41 Å². The van der Waals surface area contributed by atoms with Crippen LogP contribution in [-0.4, -0.2) is 41.6 Å². The maximum atomic E-state index is 4.56. The Labute approximate surface area is 121 Å². The lowest BCUT2D eigenvalue weighted by atomic mass is 9.97. The van der Waals surface area contributed by atoms with Crippen LogP contribution >= 0.6 is 0 Å². The van der Waals surface area contributed by atoms with E-state index in [1.54, 1.807) is 0 Å². The summed E-state index contributed by atoms with van der Waals surface area (Å²) in [7, 11) is 1.84. The second kappa shape index (κ2) is 6.24. The first-order chi connectivity index (χ1) is 9.48. The van der Waals surface area contributed by atoms with Gasteiger partial charge in [0.15, 0.2) is 0 Å². The maximum absolute atomic E-state index is 4.56. The molecule has 1 aliphatic heterocycles. The maximum Gasteiger partial charge on any atom is 0.231 e. The van der Waals surface area contributed by atoms with Crippen molar-refractivity contribution in [1.82, 2.24) is 15.0 Å². The number of nitrogens with one attached hydrogen (secondary N) is 2. The first-order valence-corrected chi connectivity index (χ1v) is 7.40. The van der Waals surface area contributed by atoms with Crippen molar-refractivity contribution in [2.24, 2.45) is 5.41 Å². The molecule has 0 saturated carbocycles. The van der Waals surface area contributed by atoms with Gasteiger partial charge in [0.05, 0.1) is 0 Å². The van der Waals surface area contributed by atoms with Crippen LogP contribution < -0.4 is 15.5 Å². The van der Waals surface area contributed by atoms with Crippen LogP contribution in [0.3, 0.4) is 0 Å². The number of aromatic nitrogens is 3. The lowest BCUT2D eigenvalue weighted by Crippen LogP contribution is -2.31. The van der Waals surface area contributed by atoms with E-state index in [9.17, 15) is 0 Å². The molecule has 0 spiro atoms. The largest absolute Gasteiger partial charge is 0.357 e. The minimum atomic E-state index is 0.192. The fourth-order valence-electron chi connectivity index (χ4n) is 2.14. The molecule has 1 fully saturated rings. The van der Waals surface area contributed by atoms with Gasteiger partial charge in [-0.05, 0) is 24.7 Å². The number of piperidine rings is 1. The molecule has 2 rings (SSSR count). The van der Waals surface area contributed by atoms with E-state index in [2.05, 4.69) is 51.3 Å². The lowest BCUT2D eigenvalue weighted by Gasteiger charge is -2.27. The molecule has 6 nitrogen and oxygen atoms in total. The third kappa shape index (κ3) is 4.21. The van der Waals surface area contributed by atoms with E-state index >= 15 is 0 Å². The molecule has 2 heterocycles. The Balaban J connectivity index is 2.15. The molecular formula is C14H26N6. The second-order valence-corrected chi connectivity index (χ2v) is 6.49. The molecule has 0 amide bonds. The van der Waals surface area contributed by atoms with Gasteiger partial charge in [-0.3, -0.25) is 0 Å². The Hall–Kier alpha value is -1.59. The van der Waals surface area contributed by atoms with Gasteiger partial charge in [0.1, 0.15) is 0 Å². The highest BCUT2D eigenvalue weighted by atomic mass is 15.3. The van der Waals surface area contributed by atoms with Crippen molar-refractivity contribution in [2.75, 3.05) is 42.2 Å². The van der Waals surface area contributed by atoms with Crippen molar-refractivity contribution in [3.8, 4) is 0 Å². The van der Waals surface area contributed by atoms with Gasteiger partial charge in [0, 0.05) is 26.7 Å². The molecule has 0 bridgehead atoms. The van der Waals surface area contributed by atoms with Gasteiger partial charge in [0.2, 0.25) is 17.8 Å². The first-order valence-electron chi connectivity index (χ1n) is 7.40. The molecule has 1 aromatic heterocycles. The number of hydrogen-bond donors (Lipinski definition) is 2. The quantitative estimate of drug-likeness (QED) is 0.881. The molecule has 0 radical (unpaired) electrons. The fraction of sp³-hybridized carbons (Fsp3) is 0.786. The van der Waals surface area contributed by atoms with E-state index < -0.39 is 0 Å². The summed E-state index contributed by atoms with van der Waals surface area (Å²) in [4.78, 5) is 15.7. The van der Waals surface area contributed by atoms with Gasteiger partial charge in [-0.25, -0.2) is 0 Å². The first kappa shape index (κ1) is 14.8. The third-order valence-corrected chi connectivity index (χ3v) is 3.26. The molecule has 0 aromatic carbocycles. The van der Waals surface area contributed by atoms with Gasteiger partial charge < -0.3 is 15.5 Å². The molecule has 0 unspecified atom stereocenters. The van der Waals surface area contributed by atoms with Gasteiger partial charge in [-0.2, -0.15) is 15.0 Å². The number of nitrogens with zero attached hydrogens (tertiary/aromatic N) is 4. The average Bonchev–Trinajstić information content (AvgIpc) is 2.45. The Kier molecular flexibility index (Phi) is 4.62. The minimum absolute atomic E-state index is 0.192. The highest BCUT2D eigenvalue weighted by Crippen LogP contribution is 2.19. The van der Waals surface area contributed by atoms with Crippen LogP contribution in [0.5, 0.6) is 0 Å². The summed E-state index contributed by atoms with van der Waals surface area (Å²) < 4.78 is 0. The summed E-state index contributed by atoms with van der Waals surface area (Å²) in [6, 6.07) is 0. The zero-order valence-corrected chi connectivity index (χ0v) is 13.0. The van der Waals surface area contributed by atoms with E-state index in [0.717, 1.165) is 25.6 Å². The Morgan fingerprint density at radius 1 is 1.00 bits per heavy atom. The van der Waals surface area contributed by atoms with Crippen LogP contribution in [0.15, 0.2) is 0 Å². The van der Waals surface area contributed by atoms with Crippen molar-refractivity contribution in [1.29, 1.82) is 0 Å². The summed E-state index contributed by atoms with van der Waals surface area (Å²) >= 11 is 0. The highest BCUT2D eigenvalue weighted by Gasteiger charge is 2.17. The van der Waals surface area contributed by atoms with Gasteiger partial charge in [0.25, 0.3) is 0 Å². The third-order valence-electron chi connectivity index (χ3n) is 3.26. The van der Waals surface area contributed by atoms with Gasteiger partial charge in [-0.15, -0.1) is 0 Å². The average molecular weight is 278 g/mol. The minimum Gasteiger partial charge on any atom is -0.357 e. The SMILES string of the molecule is CNc1nc(NCC(C)(C)C)nc(N2CCCCC2)n1. The Bertz CT molecular complexity index is 434. The van der Waals surface area contributed by atoms with Crippen molar-refractivity contribution in [3.63, 3.8) is 0 Å². The molecule has 1 aromatic rings. The summed E-state index contributed by atoms with van der Waals surface area (Å²) in [6.07, 6.45) is 3.73. The topological polar surface area (TPSA) is 66.0 Å². The highest BCUT2D eigenvalue weighted by molar-refractivity contribution is 5.43. The van der Waals surface area contributed by atoms with Crippen LogP contribution in [0.25, 0.3) is 0 Å². The van der Waals surface area contributed by atoms with Crippen molar-refractivity contribution < 1.29 is 0 Å². The van der Waals surface area contributed by atoms with Gasteiger partial charge >= 0.3 is 0 Å². The molecule has 0 atom stereocenters. The molecule has 6 heteroatoms. The molecule has 0 aliphatic carbocycles. The van der Waals surface area contributed by atoms with Crippen LogP contribution in [0.4, 0.5) is 17.8 Å². The summed E-state index contributed by atoms with van der Waals surface area (Å²) in [6.45, 7) is 9.46. The van der Waals surface area contributed by atoms with Crippen molar-refractivity contribution in [2.45, 2.75) is 40.0 Å². The summed E-state index contributed by atoms with van der Waals surface area (Å²) in [5.74, 6) is 2.05.